The van der Waals surface area contributed by atoms with E-state index >= 15 is 0 Å². The molecule has 0 amide bonds. The van der Waals surface area contributed by atoms with Gasteiger partial charge in [-0.1, -0.05) is 0 Å². The topological polar surface area (TPSA) is 52.3 Å². The van der Waals surface area contributed by atoms with Crippen molar-refractivity contribution in [3.05, 3.63) is 46.1 Å². The van der Waals surface area contributed by atoms with Crippen LogP contribution in [0.4, 0.5) is 0 Å². The minimum atomic E-state index is -0.0572. The van der Waals surface area contributed by atoms with Gasteiger partial charge in [-0.3, -0.25) is 4.79 Å². The lowest BCUT2D eigenvalue weighted by molar-refractivity contribution is 0.398. The Hall–Kier alpha value is -2.10. The van der Waals surface area contributed by atoms with Crippen LogP contribution in [0.1, 0.15) is 11.5 Å². The number of hydrogen-bond donors (Lipinski definition) is 0. The van der Waals surface area contributed by atoms with Crippen molar-refractivity contribution < 1.29 is 9.15 Å². The minimum Gasteiger partial charge on any atom is -0.481 e. The fourth-order valence-electron chi connectivity index (χ4n) is 1.75. The van der Waals surface area contributed by atoms with Crippen molar-refractivity contribution >= 4 is 0 Å². The Balaban J connectivity index is 2.56. The van der Waals surface area contributed by atoms with Crippen molar-refractivity contribution in [1.29, 1.82) is 0 Å². The molecule has 4 heteroatoms. The van der Waals surface area contributed by atoms with Gasteiger partial charge in [0.15, 0.2) is 5.43 Å². The van der Waals surface area contributed by atoms with Crippen molar-refractivity contribution in [3.63, 3.8) is 0 Å². The average molecular weight is 231 g/mol. The Morgan fingerprint density at radius 2 is 2.06 bits per heavy atom. The average Bonchev–Trinajstić information content (AvgIpc) is 2.28. The molecule has 0 aliphatic carbocycles. The van der Waals surface area contributed by atoms with E-state index in [1.807, 2.05) is 0 Å². The third-order valence-electron chi connectivity index (χ3n) is 2.48. The first-order valence-corrected chi connectivity index (χ1v) is 5.23. The Labute approximate surface area is 98.9 Å². The molecule has 0 aromatic carbocycles. The Bertz CT molecular complexity index is 585. The molecule has 0 saturated heterocycles. The predicted octanol–water partition coefficient (Wildman–Crippen LogP) is 2.33. The van der Waals surface area contributed by atoms with E-state index in [4.69, 9.17) is 9.15 Å². The zero-order valence-electron chi connectivity index (χ0n) is 9.98. The van der Waals surface area contributed by atoms with Crippen LogP contribution in [0.25, 0.3) is 11.1 Å². The second-order valence-corrected chi connectivity index (χ2v) is 3.74. The van der Waals surface area contributed by atoms with E-state index in [2.05, 4.69) is 4.98 Å². The van der Waals surface area contributed by atoms with Crippen LogP contribution < -0.4 is 10.2 Å². The highest BCUT2D eigenvalue weighted by atomic mass is 16.5. The first-order chi connectivity index (χ1) is 8.11. The Morgan fingerprint density at radius 1 is 1.29 bits per heavy atom. The molecule has 0 bridgehead atoms. The summed E-state index contributed by atoms with van der Waals surface area (Å²) < 4.78 is 10.4. The van der Waals surface area contributed by atoms with Crippen LogP contribution in [0.2, 0.25) is 0 Å². The van der Waals surface area contributed by atoms with Gasteiger partial charge < -0.3 is 9.15 Å². The second kappa shape index (κ2) is 4.41. The number of ether oxygens (including phenoxy) is 1. The maximum atomic E-state index is 11.9. The van der Waals surface area contributed by atoms with Crippen LogP contribution in [-0.4, -0.2) is 12.1 Å². The van der Waals surface area contributed by atoms with Gasteiger partial charge in [-0.05, 0) is 19.9 Å². The summed E-state index contributed by atoms with van der Waals surface area (Å²) in [6.45, 7) is 3.53. The lowest BCUT2D eigenvalue weighted by atomic mass is 10.1. The summed E-state index contributed by atoms with van der Waals surface area (Å²) in [5, 5.41) is 0. The molecule has 88 valence electrons. The van der Waals surface area contributed by atoms with Gasteiger partial charge in [0.2, 0.25) is 5.88 Å². The number of aryl methyl sites for hydroxylation is 2. The molecule has 0 aliphatic heterocycles. The van der Waals surface area contributed by atoms with E-state index in [1.165, 1.54) is 6.07 Å². The van der Waals surface area contributed by atoms with Crippen molar-refractivity contribution in [3.8, 4) is 17.0 Å². The summed E-state index contributed by atoms with van der Waals surface area (Å²) in [7, 11) is 1.55. The molecule has 0 unspecified atom stereocenters. The number of methoxy groups -OCH3 is 1. The van der Waals surface area contributed by atoms with Gasteiger partial charge in [-0.25, -0.2) is 4.98 Å². The van der Waals surface area contributed by atoms with Crippen LogP contribution in [0.15, 0.2) is 33.6 Å². The second-order valence-electron chi connectivity index (χ2n) is 3.74. The lowest BCUT2D eigenvalue weighted by Crippen LogP contribution is -2.06. The van der Waals surface area contributed by atoms with Crippen LogP contribution in [0, 0.1) is 13.8 Å². The smallest absolute Gasteiger partial charge is 0.212 e. The van der Waals surface area contributed by atoms with E-state index in [9.17, 15) is 4.79 Å². The summed E-state index contributed by atoms with van der Waals surface area (Å²) >= 11 is 0. The van der Waals surface area contributed by atoms with E-state index in [-0.39, 0.29) is 5.43 Å². The van der Waals surface area contributed by atoms with Crippen molar-refractivity contribution in [2.24, 2.45) is 0 Å². The van der Waals surface area contributed by atoms with Gasteiger partial charge >= 0.3 is 0 Å². The fraction of sp³-hybridized carbons (Fsp3) is 0.231. The molecule has 0 radical (unpaired) electrons. The number of nitrogens with zero attached hydrogens (tertiary/aromatic N) is 1. The summed E-state index contributed by atoms with van der Waals surface area (Å²) in [4.78, 5) is 16.0. The molecule has 0 fully saturated rings. The van der Waals surface area contributed by atoms with Crippen LogP contribution >= 0.6 is 0 Å². The van der Waals surface area contributed by atoms with E-state index in [1.54, 1.807) is 39.3 Å². The molecular formula is C13H13NO3. The summed E-state index contributed by atoms with van der Waals surface area (Å²) in [5.74, 6) is 1.72. The van der Waals surface area contributed by atoms with Crippen LogP contribution in [0.5, 0.6) is 5.88 Å². The molecule has 2 heterocycles. The first-order valence-electron chi connectivity index (χ1n) is 5.23. The van der Waals surface area contributed by atoms with Gasteiger partial charge in [0.1, 0.15) is 11.5 Å². The SMILES string of the molecule is COc1ccc(-c2c(C)oc(C)cc2=O)cn1. The van der Waals surface area contributed by atoms with Gasteiger partial charge in [-0.15, -0.1) is 0 Å². The number of hydrogen-bond acceptors (Lipinski definition) is 4. The van der Waals surface area contributed by atoms with Crippen LogP contribution in [0.3, 0.4) is 0 Å². The van der Waals surface area contributed by atoms with Crippen molar-refractivity contribution in [2.75, 3.05) is 7.11 Å². The highest BCUT2D eigenvalue weighted by Crippen LogP contribution is 2.21. The molecule has 2 rings (SSSR count). The molecule has 2 aromatic heterocycles. The standard InChI is InChI=1S/C13H13NO3/c1-8-6-11(15)13(9(2)17-8)10-4-5-12(16-3)14-7-10/h4-7H,1-3H3. The highest BCUT2D eigenvalue weighted by Gasteiger charge is 2.10. The number of pyridine rings is 1. The molecule has 0 saturated carbocycles. The molecule has 2 aromatic rings. The zero-order chi connectivity index (χ0) is 12.4. The van der Waals surface area contributed by atoms with Gasteiger partial charge in [0.25, 0.3) is 0 Å². The van der Waals surface area contributed by atoms with Crippen molar-refractivity contribution in [1.82, 2.24) is 4.98 Å². The summed E-state index contributed by atoms with van der Waals surface area (Å²) in [6, 6.07) is 4.99. The van der Waals surface area contributed by atoms with Crippen LogP contribution in [-0.2, 0) is 0 Å². The largest absolute Gasteiger partial charge is 0.481 e. The first kappa shape index (κ1) is 11.4. The number of aromatic nitrogens is 1. The predicted molar refractivity (Wildman–Crippen MR) is 64.2 cm³/mol. The third-order valence-corrected chi connectivity index (χ3v) is 2.48. The Morgan fingerprint density at radius 3 is 2.59 bits per heavy atom. The Kier molecular flexibility index (Phi) is 2.95. The monoisotopic (exact) mass is 231 g/mol. The van der Waals surface area contributed by atoms with Gasteiger partial charge in [-0.2, -0.15) is 0 Å². The van der Waals surface area contributed by atoms with E-state index < -0.39 is 0 Å². The minimum absolute atomic E-state index is 0.0572. The van der Waals surface area contributed by atoms with Crippen molar-refractivity contribution in [2.45, 2.75) is 13.8 Å². The van der Waals surface area contributed by atoms with E-state index in [0.717, 1.165) is 5.56 Å². The zero-order valence-corrected chi connectivity index (χ0v) is 9.98. The molecule has 0 atom stereocenters. The summed E-state index contributed by atoms with van der Waals surface area (Å²) in [6.07, 6.45) is 1.60. The molecule has 4 nitrogen and oxygen atoms in total. The molecule has 0 aliphatic rings. The molecule has 17 heavy (non-hydrogen) atoms. The maximum Gasteiger partial charge on any atom is 0.212 e. The summed E-state index contributed by atoms with van der Waals surface area (Å²) in [5.41, 5.74) is 1.22. The quantitative estimate of drug-likeness (QED) is 0.796. The van der Waals surface area contributed by atoms with E-state index in [0.29, 0.717) is 23.0 Å². The molecular weight excluding hydrogens is 218 g/mol. The van der Waals surface area contributed by atoms with Gasteiger partial charge in [0.05, 0.1) is 12.7 Å². The van der Waals surface area contributed by atoms with Gasteiger partial charge in [0, 0.05) is 23.9 Å². The lowest BCUT2D eigenvalue weighted by Gasteiger charge is -2.05. The molecule has 0 N–H and O–H groups in total. The molecule has 0 spiro atoms. The fourth-order valence-corrected chi connectivity index (χ4v) is 1.75. The number of rotatable bonds is 2. The third kappa shape index (κ3) is 2.20. The maximum absolute atomic E-state index is 11.9. The highest BCUT2D eigenvalue weighted by molar-refractivity contribution is 5.64. The normalized spacial score (nSPS) is 10.3.